The lowest BCUT2D eigenvalue weighted by Crippen LogP contribution is -2.44. The molecule has 0 spiro atoms. The first kappa shape index (κ1) is 23.7. The van der Waals surface area contributed by atoms with Gasteiger partial charge in [0.2, 0.25) is 0 Å². The summed E-state index contributed by atoms with van der Waals surface area (Å²) in [6.45, 7) is 4.30. The number of ketones is 1. The average molecular weight is 461 g/mol. The molecule has 0 radical (unpaired) electrons. The van der Waals surface area contributed by atoms with Gasteiger partial charge in [-0.3, -0.25) is 4.79 Å². The van der Waals surface area contributed by atoms with Crippen LogP contribution in [0.3, 0.4) is 0 Å². The first-order valence-electron chi connectivity index (χ1n) is 11.6. The fourth-order valence-electron chi connectivity index (χ4n) is 4.20. The average Bonchev–Trinajstić information content (AvgIpc) is 2.85. The van der Waals surface area contributed by atoms with Crippen molar-refractivity contribution in [3.63, 3.8) is 0 Å². The van der Waals surface area contributed by atoms with Gasteiger partial charge >= 0.3 is 0 Å². The molecule has 0 bridgehead atoms. The summed E-state index contributed by atoms with van der Waals surface area (Å²) in [5.41, 5.74) is 4.96. The number of carbonyl (C=O) groups excluding carboxylic acids is 1. The number of hydrogen-bond acceptors (Lipinski definition) is 7. The Hall–Kier alpha value is -3.45. The molecule has 0 saturated carbocycles. The molecule has 7 heteroatoms. The Kier molecular flexibility index (Phi) is 7.75. The van der Waals surface area contributed by atoms with Gasteiger partial charge in [0.1, 0.15) is 23.6 Å². The van der Waals surface area contributed by atoms with Gasteiger partial charge in [-0.2, -0.15) is 0 Å². The zero-order valence-electron chi connectivity index (χ0n) is 20.2. The van der Waals surface area contributed by atoms with Gasteiger partial charge in [-0.15, -0.1) is 0 Å². The monoisotopic (exact) mass is 460 g/mol. The van der Waals surface area contributed by atoms with Crippen molar-refractivity contribution in [2.45, 2.75) is 19.3 Å². The van der Waals surface area contributed by atoms with E-state index in [1.807, 2.05) is 18.2 Å². The zero-order valence-corrected chi connectivity index (χ0v) is 20.2. The van der Waals surface area contributed by atoms with Crippen molar-refractivity contribution in [1.29, 1.82) is 0 Å². The Bertz CT molecular complexity index is 1090. The van der Waals surface area contributed by atoms with Gasteiger partial charge in [-0.1, -0.05) is 12.1 Å². The van der Waals surface area contributed by atoms with Crippen molar-refractivity contribution >= 4 is 11.5 Å². The van der Waals surface area contributed by atoms with Gasteiger partial charge in [0.25, 0.3) is 0 Å². The van der Waals surface area contributed by atoms with Gasteiger partial charge in [0, 0.05) is 62.9 Å². The quantitative estimate of drug-likeness (QED) is 0.486. The lowest BCUT2D eigenvalue weighted by Gasteiger charge is -2.34. The number of Topliss-reactive ketones (excluding diaryl/α,β-unsaturated/α-hetero) is 1. The van der Waals surface area contributed by atoms with Crippen molar-refractivity contribution < 1.29 is 14.3 Å². The second-order valence-corrected chi connectivity index (χ2v) is 8.75. The van der Waals surface area contributed by atoms with Crippen LogP contribution in [0.25, 0.3) is 0 Å². The fourth-order valence-corrected chi connectivity index (χ4v) is 4.20. The highest BCUT2D eigenvalue weighted by Crippen LogP contribution is 2.23. The summed E-state index contributed by atoms with van der Waals surface area (Å²) in [7, 11) is 5.37. The number of anilines is 1. The van der Waals surface area contributed by atoms with E-state index >= 15 is 0 Å². The molecular formula is C27H32N4O3. The van der Waals surface area contributed by atoms with Crippen molar-refractivity contribution in [1.82, 2.24) is 14.9 Å². The Labute approximate surface area is 201 Å². The molecular weight excluding hydrogens is 428 g/mol. The smallest absolute Gasteiger partial charge is 0.143 e. The predicted octanol–water partition coefficient (Wildman–Crippen LogP) is 3.19. The third kappa shape index (κ3) is 6.32. The number of carbonyl (C=O) groups is 1. The summed E-state index contributed by atoms with van der Waals surface area (Å²) in [5, 5.41) is 0. The van der Waals surface area contributed by atoms with Crippen LogP contribution in [-0.4, -0.2) is 68.1 Å². The van der Waals surface area contributed by atoms with Crippen LogP contribution < -0.4 is 14.4 Å². The van der Waals surface area contributed by atoms with Gasteiger partial charge in [0.05, 0.1) is 19.9 Å². The van der Waals surface area contributed by atoms with Crippen molar-refractivity contribution in [3.8, 4) is 11.5 Å². The van der Waals surface area contributed by atoms with Crippen molar-refractivity contribution in [2.24, 2.45) is 0 Å². The maximum absolute atomic E-state index is 12.7. The minimum atomic E-state index is 0.0801. The first-order chi connectivity index (χ1) is 16.5. The normalized spacial score (nSPS) is 14.1. The number of ether oxygens (including phenoxy) is 2. The number of methoxy groups -OCH3 is 2. The topological polar surface area (TPSA) is 67.8 Å². The number of nitrogens with zero attached hydrogens (tertiary/aromatic N) is 4. The zero-order chi connectivity index (χ0) is 23.9. The summed E-state index contributed by atoms with van der Waals surface area (Å²) in [6.07, 6.45) is 2.81. The molecule has 1 aliphatic rings. The van der Waals surface area contributed by atoms with E-state index in [4.69, 9.17) is 9.47 Å². The molecule has 0 unspecified atom stereocenters. The number of rotatable bonds is 9. The van der Waals surface area contributed by atoms with Gasteiger partial charge < -0.3 is 19.3 Å². The Balaban J connectivity index is 1.36. The van der Waals surface area contributed by atoms with Crippen LogP contribution in [0, 0.1) is 0 Å². The van der Waals surface area contributed by atoms with E-state index in [9.17, 15) is 4.79 Å². The summed E-state index contributed by atoms with van der Waals surface area (Å²) in [6, 6.07) is 16.1. The summed E-state index contributed by atoms with van der Waals surface area (Å²) in [5.74, 6) is 1.42. The minimum Gasteiger partial charge on any atom is -0.497 e. The van der Waals surface area contributed by atoms with Crippen LogP contribution in [0.1, 0.15) is 22.5 Å². The molecule has 178 valence electrons. The molecule has 1 fully saturated rings. The third-order valence-corrected chi connectivity index (χ3v) is 6.16. The molecule has 2 heterocycles. The molecule has 0 N–H and O–H groups in total. The van der Waals surface area contributed by atoms with E-state index in [1.165, 1.54) is 11.3 Å². The second-order valence-electron chi connectivity index (χ2n) is 8.75. The number of benzene rings is 2. The van der Waals surface area contributed by atoms with Crippen molar-refractivity contribution in [2.75, 3.05) is 52.3 Å². The van der Waals surface area contributed by atoms with Crippen LogP contribution in [0.15, 0.2) is 54.9 Å². The Morgan fingerprint density at radius 2 is 1.47 bits per heavy atom. The second kappa shape index (κ2) is 11.1. The molecule has 2 aromatic carbocycles. The number of aromatic nitrogens is 2. The van der Waals surface area contributed by atoms with E-state index in [0.717, 1.165) is 43.1 Å². The highest BCUT2D eigenvalue weighted by molar-refractivity contribution is 5.83. The van der Waals surface area contributed by atoms with E-state index in [0.29, 0.717) is 24.3 Å². The van der Waals surface area contributed by atoms with Gasteiger partial charge in [-0.25, -0.2) is 9.97 Å². The van der Waals surface area contributed by atoms with Gasteiger partial charge in [0.15, 0.2) is 0 Å². The molecule has 4 rings (SSSR count). The summed E-state index contributed by atoms with van der Waals surface area (Å²) < 4.78 is 10.6. The Morgan fingerprint density at radius 3 is 2.12 bits per heavy atom. The maximum atomic E-state index is 12.7. The van der Waals surface area contributed by atoms with E-state index in [-0.39, 0.29) is 12.2 Å². The SMILES string of the molecule is COc1cc(CC(=O)Cc2cc(Cc3ccc(N4CCN(C)CC4)cc3)ncn2)cc(OC)c1. The molecule has 0 amide bonds. The van der Waals surface area contributed by atoms with E-state index in [2.05, 4.69) is 51.1 Å². The van der Waals surface area contributed by atoms with Crippen LogP contribution in [0.5, 0.6) is 11.5 Å². The first-order valence-corrected chi connectivity index (χ1v) is 11.6. The van der Waals surface area contributed by atoms with E-state index < -0.39 is 0 Å². The lowest BCUT2D eigenvalue weighted by molar-refractivity contribution is -0.117. The number of likely N-dealkylation sites (N-methyl/N-ethyl adjacent to an activating group) is 1. The molecule has 0 aliphatic carbocycles. The highest BCUT2D eigenvalue weighted by Gasteiger charge is 2.14. The number of piperazine rings is 1. The molecule has 3 aromatic rings. The minimum absolute atomic E-state index is 0.0801. The summed E-state index contributed by atoms with van der Waals surface area (Å²) >= 11 is 0. The lowest BCUT2D eigenvalue weighted by atomic mass is 10.0. The molecule has 0 atom stereocenters. The standard InChI is InChI=1S/C27H32N4O3/c1-30-8-10-31(11-9-30)24-6-4-20(5-7-24)12-22-16-23(29-19-28-22)17-25(32)13-21-14-26(33-2)18-27(15-21)34-3/h4-7,14-16,18-19H,8-13,17H2,1-3H3. The largest absolute Gasteiger partial charge is 0.497 e. The van der Waals surface area contributed by atoms with Crippen molar-refractivity contribution in [3.05, 3.63) is 77.4 Å². The highest BCUT2D eigenvalue weighted by atomic mass is 16.5. The molecule has 34 heavy (non-hydrogen) atoms. The van der Waals surface area contributed by atoms with Crippen LogP contribution in [0.2, 0.25) is 0 Å². The van der Waals surface area contributed by atoms with Crippen LogP contribution in [0.4, 0.5) is 5.69 Å². The molecule has 7 nitrogen and oxygen atoms in total. The Morgan fingerprint density at radius 1 is 0.824 bits per heavy atom. The fraction of sp³-hybridized carbons (Fsp3) is 0.370. The third-order valence-electron chi connectivity index (χ3n) is 6.16. The maximum Gasteiger partial charge on any atom is 0.143 e. The summed E-state index contributed by atoms with van der Waals surface area (Å²) in [4.78, 5) is 26.2. The number of hydrogen-bond donors (Lipinski definition) is 0. The molecule has 1 saturated heterocycles. The predicted molar refractivity (Wildman–Crippen MR) is 133 cm³/mol. The molecule has 1 aliphatic heterocycles. The van der Waals surface area contributed by atoms with Crippen LogP contribution >= 0.6 is 0 Å². The van der Waals surface area contributed by atoms with Crippen LogP contribution in [-0.2, 0) is 24.1 Å². The van der Waals surface area contributed by atoms with E-state index in [1.54, 1.807) is 26.6 Å². The van der Waals surface area contributed by atoms with Gasteiger partial charge in [-0.05, 0) is 48.5 Å². The molecule has 1 aromatic heterocycles.